The number of esters is 1. The van der Waals surface area contributed by atoms with Gasteiger partial charge in [0.25, 0.3) is 5.91 Å². The number of H-pyrrole nitrogens is 1. The molecular formula is C24H23F4N3O4. The Labute approximate surface area is 198 Å². The van der Waals surface area contributed by atoms with Gasteiger partial charge in [0.05, 0.1) is 19.3 Å². The standard InChI is InChI=1S/C24H23F4N3O4/c1-4-35-23(33)20-19(30-21(31-20)13(2)24(26,27)28)15-7-5-14(6-8-15)12-29-22(32)17-11-16(25)9-10-18(17)34-3/h5-11,13H,4,12H2,1-3H3,(H,29,32)(H,30,31). The second kappa shape index (κ2) is 10.6. The molecule has 0 spiro atoms. The van der Waals surface area contributed by atoms with Crippen LogP contribution in [0.3, 0.4) is 0 Å². The number of hydrogen-bond donors (Lipinski definition) is 2. The molecule has 0 radical (unpaired) electrons. The number of halogens is 4. The number of nitrogens with one attached hydrogen (secondary N) is 2. The van der Waals surface area contributed by atoms with E-state index < -0.39 is 35.6 Å². The third-order valence-electron chi connectivity index (χ3n) is 5.19. The molecule has 35 heavy (non-hydrogen) atoms. The van der Waals surface area contributed by atoms with Gasteiger partial charge in [0.15, 0.2) is 5.69 Å². The molecule has 0 saturated heterocycles. The summed E-state index contributed by atoms with van der Waals surface area (Å²) >= 11 is 0. The summed E-state index contributed by atoms with van der Waals surface area (Å²) < 4.78 is 63.1. The van der Waals surface area contributed by atoms with Gasteiger partial charge in [-0.25, -0.2) is 14.2 Å². The highest BCUT2D eigenvalue weighted by Crippen LogP contribution is 2.35. The Morgan fingerprint density at radius 3 is 2.43 bits per heavy atom. The summed E-state index contributed by atoms with van der Waals surface area (Å²) in [5.74, 6) is -4.07. The highest BCUT2D eigenvalue weighted by atomic mass is 19.4. The number of carbonyl (C=O) groups is 2. The summed E-state index contributed by atoms with van der Waals surface area (Å²) in [5, 5.41) is 2.65. The average Bonchev–Trinajstić information content (AvgIpc) is 3.27. The molecule has 1 unspecified atom stereocenters. The van der Waals surface area contributed by atoms with Crippen molar-refractivity contribution in [3.63, 3.8) is 0 Å². The molecule has 3 rings (SSSR count). The summed E-state index contributed by atoms with van der Waals surface area (Å²) in [6.07, 6.45) is -4.55. The minimum Gasteiger partial charge on any atom is -0.496 e. The number of ether oxygens (including phenoxy) is 2. The SMILES string of the molecule is CCOC(=O)c1[nH]c(C(C)C(F)(F)F)nc1-c1ccc(CNC(=O)c2cc(F)ccc2OC)cc1. The maximum atomic E-state index is 13.5. The number of hydrogen-bond acceptors (Lipinski definition) is 5. The van der Waals surface area contributed by atoms with Crippen LogP contribution in [-0.2, 0) is 11.3 Å². The molecule has 0 bridgehead atoms. The van der Waals surface area contributed by atoms with Gasteiger partial charge in [-0.05, 0) is 37.6 Å². The normalized spacial score (nSPS) is 12.2. The lowest BCUT2D eigenvalue weighted by atomic mass is 10.1. The molecule has 2 N–H and O–H groups in total. The fourth-order valence-electron chi connectivity index (χ4n) is 3.23. The van der Waals surface area contributed by atoms with Crippen molar-refractivity contribution in [2.75, 3.05) is 13.7 Å². The van der Waals surface area contributed by atoms with E-state index in [1.54, 1.807) is 31.2 Å². The summed E-state index contributed by atoms with van der Waals surface area (Å²) in [6.45, 7) is 2.64. The Bertz CT molecular complexity index is 1210. The Kier molecular flexibility index (Phi) is 7.78. The lowest BCUT2D eigenvalue weighted by Crippen LogP contribution is -2.23. The van der Waals surface area contributed by atoms with Gasteiger partial charge in [-0.15, -0.1) is 0 Å². The van der Waals surface area contributed by atoms with Crippen LogP contribution in [0.4, 0.5) is 17.6 Å². The van der Waals surface area contributed by atoms with E-state index >= 15 is 0 Å². The fraction of sp³-hybridized carbons (Fsp3) is 0.292. The molecule has 0 aliphatic rings. The van der Waals surface area contributed by atoms with Gasteiger partial charge in [0.1, 0.15) is 29.0 Å². The van der Waals surface area contributed by atoms with Crippen molar-refractivity contribution in [2.45, 2.75) is 32.5 Å². The molecule has 1 amide bonds. The van der Waals surface area contributed by atoms with Crippen LogP contribution in [0.5, 0.6) is 5.75 Å². The maximum Gasteiger partial charge on any atom is 0.398 e. The molecule has 0 aliphatic heterocycles. The first kappa shape index (κ1) is 25.7. The van der Waals surface area contributed by atoms with Crippen LogP contribution in [0.2, 0.25) is 0 Å². The number of nitrogens with zero attached hydrogens (tertiary/aromatic N) is 1. The van der Waals surface area contributed by atoms with Crippen LogP contribution >= 0.6 is 0 Å². The fourth-order valence-corrected chi connectivity index (χ4v) is 3.23. The van der Waals surface area contributed by atoms with Crippen molar-refractivity contribution in [3.05, 3.63) is 70.9 Å². The number of alkyl halides is 3. The maximum absolute atomic E-state index is 13.5. The first-order valence-electron chi connectivity index (χ1n) is 10.6. The summed E-state index contributed by atoms with van der Waals surface area (Å²) in [7, 11) is 1.36. The van der Waals surface area contributed by atoms with Gasteiger partial charge >= 0.3 is 12.1 Å². The van der Waals surface area contributed by atoms with Crippen LogP contribution in [0.15, 0.2) is 42.5 Å². The Balaban J connectivity index is 1.81. The Morgan fingerprint density at radius 1 is 1.14 bits per heavy atom. The van der Waals surface area contributed by atoms with E-state index in [1.807, 2.05) is 0 Å². The number of carbonyl (C=O) groups excluding carboxylic acids is 2. The average molecular weight is 493 g/mol. The van der Waals surface area contributed by atoms with E-state index in [1.165, 1.54) is 19.2 Å². The van der Waals surface area contributed by atoms with Crippen molar-refractivity contribution >= 4 is 11.9 Å². The van der Waals surface area contributed by atoms with E-state index in [0.29, 0.717) is 11.1 Å². The first-order valence-corrected chi connectivity index (χ1v) is 10.6. The number of methoxy groups -OCH3 is 1. The molecule has 0 saturated carbocycles. The molecule has 0 fully saturated rings. The predicted octanol–water partition coefficient (Wildman–Crippen LogP) is 5.00. The molecule has 7 nitrogen and oxygen atoms in total. The molecule has 1 heterocycles. The van der Waals surface area contributed by atoms with Crippen molar-refractivity contribution in [3.8, 4) is 17.0 Å². The third kappa shape index (κ3) is 5.97. The Morgan fingerprint density at radius 2 is 1.83 bits per heavy atom. The van der Waals surface area contributed by atoms with E-state index in [2.05, 4.69) is 15.3 Å². The van der Waals surface area contributed by atoms with Crippen LogP contribution < -0.4 is 10.1 Å². The lowest BCUT2D eigenvalue weighted by molar-refractivity contribution is -0.147. The van der Waals surface area contributed by atoms with Gasteiger partial charge in [-0.1, -0.05) is 24.3 Å². The van der Waals surface area contributed by atoms with Crippen LogP contribution in [0.1, 0.15) is 52.0 Å². The zero-order valence-electron chi connectivity index (χ0n) is 19.1. The summed E-state index contributed by atoms with van der Waals surface area (Å²) in [5.41, 5.74) is 0.902. The van der Waals surface area contributed by atoms with Crippen LogP contribution in [-0.4, -0.2) is 41.7 Å². The van der Waals surface area contributed by atoms with E-state index in [9.17, 15) is 27.2 Å². The second-order valence-electron chi connectivity index (χ2n) is 7.55. The number of benzene rings is 2. The van der Waals surface area contributed by atoms with E-state index in [0.717, 1.165) is 13.0 Å². The smallest absolute Gasteiger partial charge is 0.398 e. The third-order valence-corrected chi connectivity index (χ3v) is 5.19. The quantitative estimate of drug-likeness (QED) is 0.341. The minimum absolute atomic E-state index is 0.0228. The molecule has 2 aromatic carbocycles. The van der Waals surface area contributed by atoms with E-state index in [-0.39, 0.29) is 35.9 Å². The highest BCUT2D eigenvalue weighted by molar-refractivity contribution is 5.97. The first-order chi connectivity index (χ1) is 16.5. The van der Waals surface area contributed by atoms with Gasteiger partial charge in [-0.3, -0.25) is 4.79 Å². The van der Waals surface area contributed by atoms with Gasteiger partial charge < -0.3 is 19.8 Å². The second-order valence-corrected chi connectivity index (χ2v) is 7.55. The van der Waals surface area contributed by atoms with Crippen molar-refractivity contribution < 1.29 is 36.6 Å². The largest absolute Gasteiger partial charge is 0.496 e. The van der Waals surface area contributed by atoms with E-state index in [4.69, 9.17) is 9.47 Å². The molecule has 186 valence electrons. The monoisotopic (exact) mass is 493 g/mol. The Hall–Kier alpha value is -3.89. The molecule has 3 aromatic rings. The minimum atomic E-state index is -4.55. The molecular weight excluding hydrogens is 470 g/mol. The molecule has 1 aromatic heterocycles. The number of aromatic amines is 1. The molecule has 0 aliphatic carbocycles. The summed E-state index contributed by atoms with van der Waals surface area (Å²) in [4.78, 5) is 31.3. The lowest BCUT2D eigenvalue weighted by Gasteiger charge is -2.12. The van der Waals surface area contributed by atoms with Gasteiger partial charge in [-0.2, -0.15) is 13.2 Å². The van der Waals surface area contributed by atoms with Crippen molar-refractivity contribution in [2.24, 2.45) is 0 Å². The van der Waals surface area contributed by atoms with Gasteiger partial charge in [0.2, 0.25) is 0 Å². The number of imidazole rings is 1. The number of aromatic nitrogens is 2. The van der Waals surface area contributed by atoms with Crippen molar-refractivity contribution in [1.82, 2.24) is 15.3 Å². The number of amides is 1. The summed E-state index contributed by atoms with van der Waals surface area (Å²) in [6, 6.07) is 9.94. The predicted molar refractivity (Wildman–Crippen MR) is 119 cm³/mol. The molecule has 11 heteroatoms. The topological polar surface area (TPSA) is 93.3 Å². The zero-order chi connectivity index (χ0) is 25.8. The molecule has 1 atom stereocenters. The number of rotatable bonds is 8. The highest BCUT2D eigenvalue weighted by Gasteiger charge is 2.40. The van der Waals surface area contributed by atoms with Gasteiger partial charge in [0, 0.05) is 12.1 Å². The van der Waals surface area contributed by atoms with Crippen LogP contribution in [0.25, 0.3) is 11.3 Å². The zero-order valence-corrected chi connectivity index (χ0v) is 19.1. The van der Waals surface area contributed by atoms with Crippen LogP contribution in [0, 0.1) is 5.82 Å². The van der Waals surface area contributed by atoms with Crippen molar-refractivity contribution in [1.29, 1.82) is 0 Å².